The van der Waals surface area contributed by atoms with Crippen molar-refractivity contribution in [3.05, 3.63) is 59.4 Å². The molecule has 1 aliphatic heterocycles. The molecule has 122 valence electrons. The van der Waals surface area contributed by atoms with E-state index in [0.29, 0.717) is 12.0 Å². The minimum Gasteiger partial charge on any atom is -0.351 e. The molecule has 3 nitrogen and oxygen atoms in total. The van der Waals surface area contributed by atoms with Crippen molar-refractivity contribution in [1.29, 1.82) is 0 Å². The number of anilines is 1. The van der Waals surface area contributed by atoms with E-state index in [1.165, 1.54) is 40.6 Å². The predicted octanol–water partition coefficient (Wildman–Crippen LogP) is 4.80. The molecule has 0 saturated heterocycles. The van der Waals surface area contributed by atoms with E-state index >= 15 is 0 Å². The fraction of sp³-hybridized carbons (Fsp3) is 0.381. The Hall–Kier alpha value is -2.29. The number of rotatable bonds is 2. The number of hydrogen-bond acceptors (Lipinski definition) is 2. The van der Waals surface area contributed by atoms with Crippen LogP contribution in [0.5, 0.6) is 0 Å². The van der Waals surface area contributed by atoms with Gasteiger partial charge in [0, 0.05) is 36.4 Å². The van der Waals surface area contributed by atoms with Crippen LogP contribution in [0.2, 0.25) is 0 Å². The van der Waals surface area contributed by atoms with Crippen molar-refractivity contribution in [2.75, 3.05) is 11.4 Å². The summed E-state index contributed by atoms with van der Waals surface area (Å²) in [5.74, 6) is 1.69. The van der Waals surface area contributed by atoms with Gasteiger partial charge in [0.05, 0.1) is 5.52 Å². The van der Waals surface area contributed by atoms with E-state index in [0.717, 1.165) is 18.9 Å². The van der Waals surface area contributed by atoms with Crippen LogP contribution in [-0.2, 0) is 6.54 Å². The normalized spacial score (nSPS) is 20.4. The smallest absolute Gasteiger partial charge is 0.138 e. The average molecular weight is 317 g/mol. The summed E-state index contributed by atoms with van der Waals surface area (Å²) in [6, 6.07) is 14.1. The molecule has 2 aliphatic rings. The van der Waals surface area contributed by atoms with Gasteiger partial charge in [0.25, 0.3) is 0 Å². The van der Waals surface area contributed by atoms with Gasteiger partial charge in [-0.15, -0.1) is 0 Å². The zero-order chi connectivity index (χ0) is 16.3. The largest absolute Gasteiger partial charge is 0.351 e. The average Bonchev–Trinajstić information content (AvgIpc) is 3.36. The van der Waals surface area contributed by atoms with Crippen LogP contribution in [0.15, 0.2) is 42.6 Å². The molecule has 1 unspecified atom stereocenters. The number of aryl methyl sites for hydroxylation is 1. The summed E-state index contributed by atoms with van der Waals surface area (Å²) in [5, 5.41) is 1.31. The highest BCUT2D eigenvalue weighted by Crippen LogP contribution is 2.41. The van der Waals surface area contributed by atoms with Gasteiger partial charge in [-0.1, -0.05) is 31.2 Å². The Labute approximate surface area is 142 Å². The van der Waals surface area contributed by atoms with Crippen molar-refractivity contribution in [3.8, 4) is 0 Å². The van der Waals surface area contributed by atoms with Crippen LogP contribution in [0.3, 0.4) is 0 Å². The molecule has 1 saturated carbocycles. The molecule has 5 rings (SSSR count). The number of pyridine rings is 1. The van der Waals surface area contributed by atoms with Crippen LogP contribution in [0.25, 0.3) is 10.9 Å². The van der Waals surface area contributed by atoms with Crippen LogP contribution in [0.4, 0.5) is 5.82 Å². The van der Waals surface area contributed by atoms with Crippen molar-refractivity contribution in [3.63, 3.8) is 0 Å². The van der Waals surface area contributed by atoms with Crippen molar-refractivity contribution >= 4 is 16.7 Å². The molecule has 1 fully saturated rings. The monoisotopic (exact) mass is 317 g/mol. The second-order valence-electron chi connectivity index (χ2n) is 7.43. The first kappa shape index (κ1) is 14.1. The molecule has 0 N–H and O–H groups in total. The third kappa shape index (κ3) is 2.07. The van der Waals surface area contributed by atoms with Crippen LogP contribution in [0, 0.1) is 6.92 Å². The zero-order valence-electron chi connectivity index (χ0n) is 14.4. The van der Waals surface area contributed by atoms with Gasteiger partial charge in [-0.05, 0) is 48.9 Å². The second kappa shape index (κ2) is 5.10. The van der Waals surface area contributed by atoms with Crippen LogP contribution in [0.1, 0.15) is 48.5 Å². The molecule has 0 bridgehead atoms. The van der Waals surface area contributed by atoms with Crippen LogP contribution in [-0.4, -0.2) is 16.1 Å². The molecule has 0 amide bonds. The standard InChI is InChI=1S/C21H23N3/c1-14-12-23(13-16-5-3-4-6-18(14)16)21-19-11-15(2)24(17-7-8-17)20(19)9-10-22-21/h3-6,9-11,14,17H,7-8,12-13H2,1-2H3. The van der Waals surface area contributed by atoms with E-state index in [-0.39, 0.29) is 0 Å². The second-order valence-corrected chi connectivity index (χ2v) is 7.43. The summed E-state index contributed by atoms with van der Waals surface area (Å²) in [5.41, 5.74) is 5.65. The van der Waals surface area contributed by atoms with E-state index in [2.05, 4.69) is 59.7 Å². The molecule has 3 aromatic rings. The predicted molar refractivity (Wildman–Crippen MR) is 98.6 cm³/mol. The first-order chi connectivity index (χ1) is 11.7. The number of nitrogens with zero attached hydrogens (tertiary/aromatic N) is 3. The Morgan fingerprint density at radius 2 is 1.96 bits per heavy atom. The molecule has 0 spiro atoms. The fourth-order valence-electron chi connectivity index (χ4n) is 4.36. The van der Waals surface area contributed by atoms with E-state index in [4.69, 9.17) is 4.98 Å². The maximum Gasteiger partial charge on any atom is 0.138 e. The summed E-state index contributed by atoms with van der Waals surface area (Å²) < 4.78 is 2.52. The molecular formula is C21H23N3. The molecule has 3 heterocycles. The van der Waals surface area contributed by atoms with Gasteiger partial charge in [-0.2, -0.15) is 0 Å². The number of benzene rings is 1. The van der Waals surface area contributed by atoms with Gasteiger partial charge in [0.1, 0.15) is 5.82 Å². The van der Waals surface area contributed by atoms with Gasteiger partial charge in [-0.25, -0.2) is 4.98 Å². The fourth-order valence-corrected chi connectivity index (χ4v) is 4.36. The first-order valence-corrected chi connectivity index (χ1v) is 9.01. The maximum absolute atomic E-state index is 4.78. The highest BCUT2D eigenvalue weighted by molar-refractivity contribution is 5.91. The third-order valence-electron chi connectivity index (χ3n) is 5.59. The minimum absolute atomic E-state index is 0.540. The van der Waals surface area contributed by atoms with Crippen molar-refractivity contribution in [1.82, 2.24) is 9.55 Å². The topological polar surface area (TPSA) is 21.1 Å². The van der Waals surface area contributed by atoms with Gasteiger partial charge in [-0.3, -0.25) is 0 Å². The quantitative estimate of drug-likeness (QED) is 0.677. The van der Waals surface area contributed by atoms with Gasteiger partial charge in [0.15, 0.2) is 0 Å². The highest BCUT2D eigenvalue weighted by Gasteiger charge is 2.29. The first-order valence-electron chi connectivity index (χ1n) is 9.01. The zero-order valence-corrected chi connectivity index (χ0v) is 14.4. The third-order valence-corrected chi connectivity index (χ3v) is 5.59. The minimum atomic E-state index is 0.540. The van der Waals surface area contributed by atoms with Gasteiger partial charge >= 0.3 is 0 Å². The summed E-state index contributed by atoms with van der Waals surface area (Å²) >= 11 is 0. The Morgan fingerprint density at radius 3 is 2.79 bits per heavy atom. The highest BCUT2D eigenvalue weighted by atomic mass is 15.2. The Balaban J connectivity index is 1.62. The van der Waals surface area contributed by atoms with Crippen molar-refractivity contribution < 1.29 is 0 Å². The molecule has 2 aromatic heterocycles. The lowest BCUT2D eigenvalue weighted by atomic mass is 9.91. The van der Waals surface area contributed by atoms with Crippen LogP contribution < -0.4 is 4.90 Å². The number of hydrogen-bond donors (Lipinski definition) is 0. The SMILES string of the molecule is Cc1cc2c(N3Cc4ccccc4C(C)C3)nccc2n1C1CC1. The van der Waals surface area contributed by atoms with Crippen molar-refractivity contribution in [2.45, 2.75) is 45.2 Å². The summed E-state index contributed by atoms with van der Waals surface area (Å²) in [6.07, 6.45) is 4.62. The van der Waals surface area contributed by atoms with E-state index < -0.39 is 0 Å². The molecule has 3 heteroatoms. The molecule has 0 radical (unpaired) electrons. The van der Waals surface area contributed by atoms with E-state index in [1.807, 2.05) is 6.20 Å². The van der Waals surface area contributed by atoms with E-state index in [1.54, 1.807) is 0 Å². The molecule has 1 atom stereocenters. The number of aromatic nitrogens is 2. The van der Waals surface area contributed by atoms with Crippen molar-refractivity contribution in [2.24, 2.45) is 0 Å². The Kier molecular flexibility index (Phi) is 2.99. The molecular weight excluding hydrogens is 294 g/mol. The van der Waals surface area contributed by atoms with Gasteiger partial charge < -0.3 is 9.47 Å². The van der Waals surface area contributed by atoms with E-state index in [9.17, 15) is 0 Å². The summed E-state index contributed by atoms with van der Waals surface area (Å²) in [6.45, 7) is 6.55. The Bertz CT molecular complexity index is 920. The molecule has 1 aromatic carbocycles. The lowest BCUT2D eigenvalue weighted by molar-refractivity contribution is 0.635. The summed E-state index contributed by atoms with van der Waals surface area (Å²) in [7, 11) is 0. The lowest BCUT2D eigenvalue weighted by Gasteiger charge is -2.34. The Morgan fingerprint density at radius 1 is 1.12 bits per heavy atom. The lowest BCUT2D eigenvalue weighted by Crippen LogP contribution is -2.33. The number of fused-ring (bicyclic) bond motifs is 2. The molecule has 24 heavy (non-hydrogen) atoms. The van der Waals surface area contributed by atoms with Crippen LogP contribution >= 0.6 is 0 Å². The summed E-state index contributed by atoms with van der Waals surface area (Å²) in [4.78, 5) is 7.25. The van der Waals surface area contributed by atoms with Gasteiger partial charge in [0.2, 0.25) is 0 Å². The molecule has 1 aliphatic carbocycles. The maximum atomic E-state index is 4.78.